The van der Waals surface area contributed by atoms with E-state index in [1.165, 1.54) is 0 Å². The summed E-state index contributed by atoms with van der Waals surface area (Å²) in [6, 6.07) is 5.09. The Morgan fingerprint density at radius 3 is 2.37 bits per heavy atom. The fraction of sp³-hybridized carbons (Fsp3) is 0.742. The number of fused-ring (bicyclic) bond motifs is 5. The zero-order valence-electron chi connectivity index (χ0n) is 25.5. The maximum absolute atomic E-state index is 14.8. The highest BCUT2D eigenvalue weighted by atomic mass is 32.2. The van der Waals surface area contributed by atoms with E-state index in [1.807, 2.05) is 13.0 Å². The van der Waals surface area contributed by atoms with Crippen LogP contribution >= 0.6 is 0 Å². The molecule has 0 saturated heterocycles. The number of rotatable bonds is 13. The van der Waals surface area contributed by atoms with Gasteiger partial charge in [0, 0.05) is 34.1 Å². The van der Waals surface area contributed by atoms with Crippen molar-refractivity contribution >= 4 is 22.7 Å². The lowest BCUT2D eigenvalue weighted by Gasteiger charge is -2.51. The molecule has 1 aromatic rings. The minimum absolute atomic E-state index is 0.0336. The highest BCUT2D eigenvalue weighted by Crippen LogP contribution is 2.62. The molecule has 0 aliphatic heterocycles. The van der Waals surface area contributed by atoms with Crippen molar-refractivity contribution in [2.45, 2.75) is 88.0 Å². The van der Waals surface area contributed by atoms with Gasteiger partial charge in [-0.1, -0.05) is 13.0 Å². The van der Waals surface area contributed by atoms with Gasteiger partial charge in [-0.25, -0.2) is 9.18 Å². The Morgan fingerprint density at radius 2 is 1.74 bits per heavy atom. The van der Waals surface area contributed by atoms with Crippen LogP contribution in [0.2, 0.25) is 0 Å². The average molecular weight is 686 g/mol. The molecular formula is C31H41F6NO7S. The van der Waals surface area contributed by atoms with Gasteiger partial charge in [0.15, 0.2) is 12.0 Å². The Morgan fingerprint density at radius 1 is 1.09 bits per heavy atom. The van der Waals surface area contributed by atoms with Crippen LogP contribution in [0.3, 0.4) is 0 Å². The Bertz CT molecular complexity index is 1280. The topological polar surface area (TPSA) is 133 Å². The maximum Gasteiger partial charge on any atom is 0.453 e. The number of carbonyl (C=O) groups is 2. The van der Waals surface area contributed by atoms with Gasteiger partial charge in [0.1, 0.15) is 11.3 Å². The average Bonchev–Trinajstić information content (AvgIpc) is 3.22. The van der Waals surface area contributed by atoms with E-state index in [0.717, 1.165) is 11.1 Å². The number of aliphatic hydroxyl groups is 3. The number of carbonyl (C=O) groups excluding carboxylic acids is 2. The number of nitrogens with one attached hydrogen (secondary N) is 1. The van der Waals surface area contributed by atoms with E-state index in [1.54, 1.807) is 12.1 Å². The van der Waals surface area contributed by atoms with Gasteiger partial charge in [0.2, 0.25) is 0 Å². The lowest BCUT2D eigenvalue weighted by molar-refractivity contribution is -0.284. The van der Waals surface area contributed by atoms with E-state index in [2.05, 4.69) is 5.32 Å². The molecule has 1 aromatic carbocycles. The third-order valence-electron chi connectivity index (χ3n) is 10.3. The van der Waals surface area contributed by atoms with Crippen molar-refractivity contribution in [2.24, 2.45) is 23.2 Å². The number of hydrogen-bond donors (Lipinski definition) is 4. The largest absolute Gasteiger partial charge is 0.453 e. The minimum atomic E-state index is -5.66. The van der Waals surface area contributed by atoms with Gasteiger partial charge < -0.3 is 25.4 Å². The van der Waals surface area contributed by atoms with Crippen LogP contribution in [0.4, 0.5) is 31.1 Å². The number of Topliss-reactive ketones (excluding diaryl/α,β-unsaturated/α-hetero) is 1. The summed E-state index contributed by atoms with van der Waals surface area (Å²) in [5.41, 5.74) is -0.669. The summed E-state index contributed by atoms with van der Waals surface area (Å²) < 4.78 is 96.5. The van der Waals surface area contributed by atoms with Crippen molar-refractivity contribution in [3.05, 3.63) is 29.3 Å². The van der Waals surface area contributed by atoms with Crippen LogP contribution in [-0.2, 0) is 22.0 Å². The molecule has 260 valence electrons. The second kappa shape index (κ2) is 14.1. The molecule has 0 aromatic heterocycles. The van der Waals surface area contributed by atoms with Gasteiger partial charge in [-0.3, -0.25) is 9.00 Å². The van der Waals surface area contributed by atoms with Crippen LogP contribution in [0.15, 0.2) is 18.2 Å². The quantitative estimate of drug-likeness (QED) is 0.223. The fourth-order valence-corrected chi connectivity index (χ4v) is 8.85. The molecule has 0 spiro atoms. The lowest BCUT2D eigenvalue weighted by atomic mass is 9.52. The van der Waals surface area contributed by atoms with Gasteiger partial charge in [0.25, 0.3) is 0 Å². The van der Waals surface area contributed by atoms with Gasteiger partial charge in [-0.2, -0.15) is 22.0 Å². The number of halogens is 6. The highest BCUT2D eigenvalue weighted by molar-refractivity contribution is 7.84. The zero-order valence-corrected chi connectivity index (χ0v) is 26.3. The van der Waals surface area contributed by atoms with Crippen molar-refractivity contribution in [1.29, 1.82) is 0 Å². The first-order chi connectivity index (χ1) is 21.5. The van der Waals surface area contributed by atoms with Crippen molar-refractivity contribution in [3.8, 4) is 5.75 Å². The van der Waals surface area contributed by atoms with Crippen LogP contribution in [0.1, 0.15) is 68.9 Å². The second-order valence-corrected chi connectivity index (χ2v) is 14.9. The van der Waals surface area contributed by atoms with Crippen LogP contribution < -0.4 is 10.1 Å². The lowest BCUT2D eigenvalue weighted by Crippen LogP contribution is -2.57. The van der Waals surface area contributed by atoms with Gasteiger partial charge in [-0.05, 0) is 91.9 Å². The molecule has 3 aliphatic carbocycles. The molecule has 46 heavy (non-hydrogen) atoms. The van der Waals surface area contributed by atoms with E-state index in [4.69, 9.17) is 4.74 Å². The summed E-state index contributed by atoms with van der Waals surface area (Å²) in [4.78, 5) is 25.4. The third-order valence-corrected chi connectivity index (χ3v) is 11.8. The molecule has 2 saturated carbocycles. The van der Waals surface area contributed by atoms with Gasteiger partial charge in [-0.15, -0.1) is 0 Å². The minimum Gasteiger partial charge on any atom is -0.410 e. The van der Waals surface area contributed by atoms with Crippen molar-refractivity contribution in [2.75, 3.05) is 31.3 Å². The van der Waals surface area contributed by atoms with Crippen molar-refractivity contribution in [1.82, 2.24) is 5.32 Å². The molecule has 0 bridgehead atoms. The first-order valence-electron chi connectivity index (χ1n) is 15.4. The third kappa shape index (κ3) is 7.41. The number of alkyl halides is 6. The number of hydrogen-bond acceptors (Lipinski definition) is 7. The molecule has 15 heteroatoms. The molecule has 0 radical (unpaired) electrons. The summed E-state index contributed by atoms with van der Waals surface area (Å²) in [5.74, 6) is -5.71. The normalized spacial score (nSPS) is 28.7. The van der Waals surface area contributed by atoms with Crippen LogP contribution in [0, 0.1) is 23.2 Å². The maximum atomic E-state index is 14.8. The molecule has 1 amide bonds. The number of ketones is 1. The van der Waals surface area contributed by atoms with E-state index < -0.39 is 84.6 Å². The SMILES string of the molecule is C[C@]12CC[C@@H]3c4ccc(OC(=O)NC(CO)(CO)CO)cc4C[C@@H](CCCS(=O)CCCC(F)(F)C(F)(F)F)[C@H]3[C@@H]1CC(F)C2=O. The molecule has 2 unspecified atom stereocenters. The molecule has 2 fully saturated rings. The Kier molecular flexibility index (Phi) is 11.2. The number of aliphatic hydroxyl groups excluding tert-OH is 3. The van der Waals surface area contributed by atoms with E-state index >= 15 is 0 Å². The summed E-state index contributed by atoms with van der Waals surface area (Å²) >= 11 is 0. The van der Waals surface area contributed by atoms with Gasteiger partial charge >= 0.3 is 18.2 Å². The molecule has 3 aliphatic rings. The summed E-state index contributed by atoms with van der Waals surface area (Å²) in [6.45, 7) is -0.402. The van der Waals surface area contributed by atoms with E-state index in [-0.39, 0.29) is 47.3 Å². The first kappa shape index (κ1) is 36.6. The Labute approximate surface area is 265 Å². The number of amides is 1. The molecule has 4 rings (SSSR count). The van der Waals surface area contributed by atoms with Crippen molar-refractivity contribution < 1.29 is 60.2 Å². The monoisotopic (exact) mass is 685 g/mol. The summed E-state index contributed by atoms with van der Waals surface area (Å²) in [5, 5.41) is 30.7. The van der Waals surface area contributed by atoms with Crippen LogP contribution in [-0.4, -0.2) is 86.5 Å². The fourth-order valence-electron chi connectivity index (χ4n) is 7.69. The molecule has 0 heterocycles. The smallest absolute Gasteiger partial charge is 0.410 e. The van der Waals surface area contributed by atoms with E-state index in [0.29, 0.717) is 32.1 Å². The van der Waals surface area contributed by atoms with E-state index in [9.17, 15) is 55.5 Å². The molecule has 4 N–H and O–H groups in total. The summed E-state index contributed by atoms with van der Waals surface area (Å²) in [6.07, 6.45) is -7.64. The van der Waals surface area contributed by atoms with Crippen LogP contribution in [0.25, 0.3) is 0 Å². The summed E-state index contributed by atoms with van der Waals surface area (Å²) in [7, 11) is -1.62. The Hall–Kier alpha value is -2.23. The Balaban J connectivity index is 1.49. The molecular weight excluding hydrogens is 644 g/mol. The second-order valence-electron chi connectivity index (χ2n) is 13.2. The standard InChI is InChI=1S/C31H41F6NO7S/c1-28-9-7-22-21-6-5-20(45-27(43)38-29(15-39,16-40)17-41)13-19(21)12-18(25(22)23(28)14-24(32)26(28)42)4-2-10-46(44)11-3-8-30(33,34)31(35,36)37/h5-6,13,18,22-25,39-41H,2-4,7-12,14-17H2,1H3,(H,38,43)/t18-,22-,23+,24?,25-,28+,46?/m1/s1. The number of benzene rings is 1. The predicted octanol–water partition coefficient (Wildman–Crippen LogP) is 4.60. The zero-order chi connectivity index (χ0) is 34.1. The number of ether oxygens (including phenoxy) is 1. The first-order valence-corrected chi connectivity index (χ1v) is 16.9. The van der Waals surface area contributed by atoms with Crippen LogP contribution in [0.5, 0.6) is 5.75 Å². The molecule has 7 atom stereocenters. The predicted molar refractivity (Wildman–Crippen MR) is 156 cm³/mol. The van der Waals surface area contributed by atoms with Crippen molar-refractivity contribution in [3.63, 3.8) is 0 Å². The van der Waals surface area contributed by atoms with Gasteiger partial charge in [0.05, 0.1) is 19.8 Å². The highest BCUT2D eigenvalue weighted by Gasteiger charge is 2.60. The molecule has 8 nitrogen and oxygen atoms in total.